The van der Waals surface area contributed by atoms with Crippen molar-refractivity contribution in [1.29, 1.82) is 0 Å². The number of esters is 1. The minimum atomic E-state index is -0.380. The van der Waals surface area contributed by atoms with Gasteiger partial charge in [-0.1, -0.05) is 24.8 Å². The molecule has 2 heterocycles. The molecule has 11 heteroatoms. The fourth-order valence-corrected chi connectivity index (χ4v) is 6.40. The number of aromatic nitrogens is 3. The normalized spacial score (nSPS) is 14.4. The molecule has 0 aliphatic heterocycles. The first kappa shape index (κ1) is 27.7. The fourth-order valence-electron chi connectivity index (χ4n) is 4.22. The minimum Gasteiger partial charge on any atom is -0.497 e. The second-order valence-electron chi connectivity index (χ2n) is 8.88. The van der Waals surface area contributed by atoms with E-state index in [1.165, 1.54) is 23.1 Å². The Labute approximate surface area is 230 Å². The standard InChI is InChI=1S/C27H32N4O5S2/c1-5-13-31-22(15-36-19-10-8-18(34-4)9-11-19)29-30-27(31)37-16-23(32)28-25-24(26(33)35-6-2)20-12-7-17(3)14-21(20)38-25/h5,8-11,17H,1,6-7,12-16H2,2-4H3,(H,28,32). The maximum atomic E-state index is 12.9. The van der Waals surface area contributed by atoms with Gasteiger partial charge in [-0.05, 0) is 61.9 Å². The summed E-state index contributed by atoms with van der Waals surface area (Å²) in [7, 11) is 1.61. The minimum absolute atomic E-state index is 0.107. The van der Waals surface area contributed by atoms with E-state index < -0.39 is 0 Å². The highest BCUT2D eigenvalue weighted by Crippen LogP contribution is 2.40. The third kappa shape index (κ3) is 6.57. The van der Waals surface area contributed by atoms with Gasteiger partial charge in [0, 0.05) is 11.4 Å². The van der Waals surface area contributed by atoms with Gasteiger partial charge in [0.15, 0.2) is 11.0 Å². The second kappa shape index (κ2) is 13.0. The number of benzene rings is 1. The average Bonchev–Trinajstić information content (AvgIpc) is 3.46. The van der Waals surface area contributed by atoms with E-state index in [1.807, 2.05) is 28.8 Å². The summed E-state index contributed by atoms with van der Waals surface area (Å²) in [4.78, 5) is 26.8. The number of allylic oxidation sites excluding steroid dienone is 1. The van der Waals surface area contributed by atoms with Crippen molar-refractivity contribution in [2.45, 2.75) is 51.4 Å². The van der Waals surface area contributed by atoms with Gasteiger partial charge in [0.25, 0.3) is 0 Å². The highest BCUT2D eigenvalue weighted by molar-refractivity contribution is 7.99. The lowest BCUT2D eigenvalue weighted by atomic mass is 9.88. The number of carbonyl (C=O) groups excluding carboxylic acids is 2. The lowest BCUT2D eigenvalue weighted by Crippen LogP contribution is -2.18. The van der Waals surface area contributed by atoms with Crippen LogP contribution < -0.4 is 14.8 Å². The van der Waals surface area contributed by atoms with Crippen molar-refractivity contribution < 1.29 is 23.8 Å². The zero-order valence-corrected chi connectivity index (χ0v) is 23.5. The number of nitrogens with one attached hydrogen (secondary N) is 1. The van der Waals surface area contributed by atoms with E-state index in [0.717, 1.165) is 35.5 Å². The Morgan fingerprint density at radius 2 is 2.03 bits per heavy atom. The Balaban J connectivity index is 1.42. The largest absolute Gasteiger partial charge is 0.497 e. The number of anilines is 1. The quantitative estimate of drug-likeness (QED) is 0.186. The van der Waals surface area contributed by atoms with Crippen molar-refractivity contribution in [2.75, 3.05) is 24.8 Å². The van der Waals surface area contributed by atoms with Gasteiger partial charge in [-0.15, -0.1) is 28.1 Å². The molecule has 3 aromatic rings. The van der Waals surface area contributed by atoms with E-state index in [-0.39, 0.29) is 30.8 Å². The predicted molar refractivity (Wildman–Crippen MR) is 148 cm³/mol. The molecule has 1 amide bonds. The van der Waals surface area contributed by atoms with Crippen molar-refractivity contribution in [1.82, 2.24) is 14.8 Å². The summed E-state index contributed by atoms with van der Waals surface area (Å²) in [5.41, 5.74) is 1.52. The van der Waals surface area contributed by atoms with E-state index in [9.17, 15) is 9.59 Å². The molecule has 0 saturated heterocycles. The summed E-state index contributed by atoms with van der Waals surface area (Å²) < 4.78 is 18.2. The summed E-state index contributed by atoms with van der Waals surface area (Å²) in [6.45, 7) is 8.78. The molecular weight excluding hydrogens is 524 g/mol. The molecule has 0 fully saturated rings. The van der Waals surface area contributed by atoms with Crippen LogP contribution in [0.15, 0.2) is 42.1 Å². The van der Waals surface area contributed by atoms with Crippen LogP contribution in [0.25, 0.3) is 0 Å². The topological polar surface area (TPSA) is 105 Å². The predicted octanol–water partition coefficient (Wildman–Crippen LogP) is 5.15. The van der Waals surface area contributed by atoms with E-state index in [2.05, 4.69) is 29.0 Å². The van der Waals surface area contributed by atoms with Crippen LogP contribution in [-0.2, 0) is 35.5 Å². The maximum absolute atomic E-state index is 12.9. The van der Waals surface area contributed by atoms with Crippen LogP contribution in [0.3, 0.4) is 0 Å². The molecule has 0 radical (unpaired) electrons. The number of methoxy groups -OCH3 is 1. The molecular formula is C27H32N4O5S2. The number of thiophene rings is 1. The summed E-state index contributed by atoms with van der Waals surface area (Å²) in [5.74, 6) is 2.10. The summed E-state index contributed by atoms with van der Waals surface area (Å²) in [6, 6.07) is 7.28. The second-order valence-corrected chi connectivity index (χ2v) is 10.9. The lowest BCUT2D eigenvalue weighted by molar-refractivity contribution is -0.113. The number of thioether (sulfide) groups is 1. The molecule has 202 valence electrons. The van der Waals surface area contributed by atoms with Crippen LogP contribution >= 0.6 is 23.1 Å². The molecule has 1 unspecified atom stereocenters. The van der Waals surface area contributed by atoms with Gasteiger partial charge in [0.05, 0.1) is 25.0 Å². The molecule has 0 saturated carbocycles. The summed E-state index contributed by atoms with van der Waals surface area (Å²) in [5, 5.41) is 12.6. The maximum Gasteiger partial charge on any atom is 0.341 e. The smallest absolute Gasteiger partial charge is 0.341 e. The van der Waals surface area contributed by atoms with Crippen molar-refractivity contribution in [3.8, 4) is 11.5 Å². The van der Waals surface area contributed by atoms with Gasteiger partial charge in [-0.3, -0.25) is 9.36 Å². The Morgan fingerprint density at radius 1 is 1.26 bits per heavy atom. The Bertz CT molecular complexity index is 1290. The number of carbonyl (C=O) groups is 2. The Hall–Kier alpha value is -3.31. The van der Waals surface area contributed by atoms with Crippen LogP contribution in [0, 0.1) is 5.92 Å². The molecule has 1 atom stereocenters. The third-order valence-corrected chi connectivity index (χ3v) is 8.25. The number of amides is 1. The van der Waals surface area contributed by atoms with Crippen molar-refractivity contribution in [3.05, 3.63) is 58.7 Å². The van der Waals surface area contributed by atoms with E-state index in [4.69, 9.17) is 14.2 Å². The summed E-state index contributed by atoms with van der Waals surface area (Å²) >= 11 is 2.75. The van der Waals surface area contributed by atoms with Crippen LogP contribution in [-0.4, -0.2) is 46.1 Å². The molecule has 1 aliphatic rings. The van der Waals surface area contributed by atoms with Gasteiger partial charge in [-0.25, -0.2) is 4.79 Å². The van der Waals surface area contributed by atoms with Crippen LogP contribution in [0.2, 0.25) is 0 Å². The zero-order valence-electron chi connectivity index (χ0n) is 21.8. The molecule has 4 rings (SSSR count). The molecule has 1 N–H and O–H groups in total. The summed E-state index contributed by atoms with van der Waals surface area (Å²) in [6.07, 6.45) is 4.48. The number of hydrogen-bond acceptors (Lipinski definition) is 9. The van der Waals surface area contributed by atoms with Crippen LogP contribution in [0.1, 0.15) is 46.9 Å². The van der Waals surface area contributed by atoms with Gasteiger partial charge in [0.2, 0.25) is 5.91 Å². The average molecular weight is 557 g/mol. The SMILES string of the molecule is C=CCn1c(COc2ccc(OC)cc2)nnc1SCC(=O)Nc1sc2c(c1C(=O)OCC)CCC(C)C2. The van der Waals surface area contributed by atoms with Crippen molar-refractivity contribution in [2.24, 2.45) is 5.92 Å². The van der Waals surface area contributed by atoms with Crippen LogP contribution in [0.4, 0.5) is 5.00 Å². The number of hydrogen-bond donors (Lipinski definition) is 1. The van der Waals surface area contributed by atoms with Crippen LogP contribution in [0.5, 0.6) is 11.5 Å². The Morgan fingerprint density at radius 3 is 2.74 bits per heavy atom. The molecule has 1 aliphatic carbocycles. The van der Waals surface area contributed by atoms with Crippen molar-refractivity contribution in [3.63, 3.8) is 0 Å². The Kier molecular flexibility index (Phi) is 9.46. The van der Waals surface area contributed by atoms with E-state index in [0.29, 0.717) is 39.8 Å². The fraction of sp³-hybridized carbons (Fsp3) is 0.407. The molecule has 0 bridgehead atoms. The molecule has 1 aromatic carbocycles. The molecule has 9 nitrogen and oxygen atoms in total. The van der Waals surface area contributed by atoms with Gasteiger partial charge < -0.3 is 19.5 Å². The third-order valence-electron chi connectivity index (χ3n) is 6.11. The highest BCUT2D eigenvalue weighted by Gasteiger charge is 2.29. The highest BCUT2D eigenvalue weighted by atomic mass is 32.2. The van der Waals surface area contributed by atoms with Gasteiger partial charge in [0.1, 0.15) is 23.1 Å². The number of fused-ring (bicyclic) bond motifs is 1. The zero-order chi connectivity index (χ0) is 27.1. The van der Waals surface area contributed by atoms with Crippen molar-refractivity contribution >= 4 is 40.0 Å². The monoisotopic (exact) mass is 556 g/mol. The first-order chi connectivity index (χ1) is 18.4. The molecule has 0 spiro atoms. The number of nitrogens with zero attached hydrogens (tertiary/aromatic N) is 3. The van der Waals surface area contributed by atoms with E-state index >= 15 is 0 Å². The number of ether oxygens (including phenoxy) is 3. The first-order valence-electron chi connectivity index (χ1n) is 12.5. The van der Waals surface area contributed by atoms with Gasteiger partial charge in [-0.2, -0.15) is 0 Å². The van der Waals surface area contributed by atoms with Gasteiger partial charge >= 0.3 is 5.97 Å². The first-order valence-corrected chi connectivity index (χ1v) is 14.3. The molecule has 2 aromatic heterocycles. The molecule has 38 heavy (non-hydrogen) atoms. The lowest BCUT2D eigenvalue weighted by Gasteiger charge is -2.18. The van der Waals surface area contributed by atoms with E-state index in [1.54, 1.807) is 20.1 Å². The number of rotatable bonds is 12.